The van der Waals surface area contributed by atoms with Crippen molar-refractivity contribution in [1.82, 2.24) is 5.32 Å². The lowest BCUT2D eigenvalue weighted by Crippen LogP contribution is -2.30. The molecule has 0 heterocycles. The molecule has 1 fully saturated rings. The highest BCUT2D eigenvalue weighted by atomic mass is 32.2. The third kappa shape index (κ3) is 3.22. The molecule has 6 heteroatoms. The number of carbonyl (C=O) groups is 1. The zero-order valence-corrected chi connectivity index (χ0v) is 11.0. The van der Waals surface area contributed by atoms with Gasteiger partial charge < -0.3 is 15.8 Å². The molecule has 5 nitrogen and oxygen atoms in total. The van der Waals surface area contributed by atoms with Crippen LogP contribution in [0.15, 0.2) is 23.1 Å². The maximum absolute atomic E-state index is 12.1. The molecule has 0 aliphatic heterocycles. The van der Waals surface area contributed by atoms with E-state index in [-0.39, 0.29) is 17.7 Å². The number of rotatable bonds is 5. The SMILES string of the molecule is COc1ccc(N)c(S(=O)CC(=O)NC2CC2)c1. The molecule has 2 rings (SSSR count). The summed E-state index contributed by atoms with van der Waals surface area (Å²) in [7, 11) is 0.0832. The fourth-order valence-electron chi connectivity index (χ4n) is 1.53. The van der Waals surface area contributed by atoms with Gasteiger partial charge in [-0.2, -0.15) is 0 Å². The van der Waals surface area contributed by atoms with E-state index in [2.05, 4.69) is 5.32 Å². The van der Waals surface area contributed by atoms with Crippen LogP contribution in [-0.2, 0) is 15.6 Å². The Morgan fingerprint density at radius 1 is 1.56 bits per heavy atom. The van der Waals surface area contributed by atoms with E-state index in [1.807, 2.05) is 0 Å². The van der Waals surface area contributed by atoms with Crippen molar-refractivity contribution in [2.75, 3.05) is 18.6 Å². The molecule has 1 aliphatic carbocycles. The largest absolute Gasteiger partial charge is 0.497 e. The van der Waals surface area contributed by atoms with Gasteiger partial charge in [-0.3, -0.25) is 9.00 Å². The topological polar surface area (TPSA) is 81.4 Å². The van der Waals surface area contributed by atoms with E-state index < -0.39 is 10.8 Å². The number of nitrogens with two attached hydrogens (primary N) is 1. The van der Waals surface area contributed by atoms with Crippen molar-refractivity contribution in [3.05, 3.63) is 18.2 Å². The molecular weight excluding hydrogens is 252 g/mol. The normalized spacial score (nSPS) is 16.1. The Balaban J connectivity index is 2.04. The highest BCUT2D eigenvalue weighted by Gasteiger charge is 2.24. The van der Waals surface area contributed by atoms with Crippen molar-refractivity contribution in [2.24, 2.45) is 0 Å². The number of hydrogen-bond donors (Lipinski definition) is 2. The molecule has 0 bridgehead atoms. The molecule has 1 aromatic rings. The first-order chi connectivity index (χ1) is 8.60. The van der Waals surface area contributed by atoms with Gasteiger partial charge in [0.15, 0.2) is 0 Å². The molecular formula is C12H16N2O3S. The Hall–Kier alpha value is -1.56. The summed E-state index contributed by atoms with van der Waals surface area (Å²) in [5.41, 5.74) is 6.16. The molecule has 18 heavy (non-hydrogen) atoms. The van der Waals surface area contributed by atoms with Crippen LogP contribution < -0.4 is 15.8 Å². The molecule has 98 valence electrons. The lowest BCUT2D eigenvalue weighted by molar-refractivity contribution is -0.118. The summed E-state index contributed by atoms with van der Waals surface area (Å²) in [4.78, 5) is 12.0. The van der Waals surface area contributed by atoms with E-state index >= 15 is 0 Å². The summed E-state index contributed by atoms with van der Waals surface area (Å²) in [6, 6.07) is 5.21. The van der Waals surface area contributed by atoms with E-state index in [0.29, 0.717) is 16.3 Å². The number of ether oxygens (including phenoxy) is 1. The number of methoxy groups -OCH3 is 1. The number of nitrogens with one attached hydrogen (secondary N) is 1. The van der Waals surface area contributed by atoms with Gasteiger partial charge in [-0.05, 0) is 31.0 Å². The van der Waals surface area contributed by atoms with Crippen molar-refractivity contribution in [1.29, 1.82) is 0 Å². The van der Waals surface area contributed by atoms with Gasteiger partial charge in [0.25, 0.3) is 0 Å². The van der Waals surface area contributed by atoms with Gasteiger partial charge in [0, 0.05) is 11.7 Å². The van der Waals surface area contributed by atoms with Crippen LogP contribution in [0.3, 0.4) is 0 Å². The number of hydrogen-bond acceptors (Lipinski definition) is 4. The summed E-state index contributed by atoms with van der Waals surface area (Å²) in [5, 5.41) is 2.80. The van der Waals surface area contributed by atoms with Crippen molar-refractivity contribution >= 4 is 22.4 Å². The van der Waals surface area contributed by atoms with Crippen molar-refractivity contribution in [3.63, 3.8) is 0 Å². The molecule has 0 radical (unpaired) electrons. The molecule has 1 unspecified atom stereocenters. The lowest BCUT2D eigenvalue weighted by atomic mass is 10.3. The van der Waals surface area contributed by atoms with E-state index in [4.69, 9.17) is 10.5 Å². The smallest absolute Gasteiger partial charge is 0.233 e. The van der Waals surface area contributed by atoms with Gasteiger partial charge in [0.05, 0.1) is 22.8 Å². The summed E-state index contributed by atoms with van der Waals surface area (Å²) in [6.07, 6.45) is 2.03. The Morgan fingerprint density at radius 3 is 2.89 bits per heavy atom. The molecule has 0 saturated heterocycles. The quantitative estimate of drug-likeness (QED) is 0.769. The molecule has 1 saturated carbocycles. The maximum atomic E-state index is 12.1. The van der Waals surface area contributed by atoms with Crippen molar-refractivity contribution in [2.45, 2.75) is 23.8 Å². The van der Waals surface area contributed by atoms with Crippen molar-refractivity contribution in [3.8, 4) is 5.75 Å². The lowest BCUT2D eigenvalue weighted by Gasteiger charge is -2.08. The first-order valence-electron chi connectivity index (χ1n) is 5.71. The van der Waals surface area contributed by atoms with E-state index in [0.717, 1.165) is 12.8 Å². The van der Waals surface area contributed by atoms with Crippen LogP contribution in [0.5, 0.6) is 5.75 Å². The Bertz CT molecular complexity index is 486. The monoisotopic (exact) mass is 268 g/mol. The second kappa shape index (κ2) is 5.39. The minimum Gasteiger partial charge on any atom is -0.497 e. The molecule has 1 aliphatic rings. The maximum Gasteiger partial charge on any atom is 0.233 e. The molecule has 1 atom stereocenters. The summed E-state index contributed by atoms with van der Waals surface area (Å²) >= 11 is 0. The molecule has 1 aromatic carbocycles. The standard InChI is InChI=1S/C12H16N2O3S/c1-17-9-4-5-10(13)11(6-9)18(16)7-12(15)14-8-2-3-8/h4-6,8H,2-3,7,13H2,1H3,(H,14,15). The minimum absolute atomic E-state index is 0.0616. The number of anilines is 1. The average molecular weight is 268 g/mol. The summed E-state index contributed by atoms with van der Waals surface area (Å²) in [6.45, 7) is 0. The molecule has 1 amide bonds. The predicted octanol–water partition coefficient (Wildman–Crippen LogP) is 0.664. The summed E-state index contributed by atoms with van der Waals surface area (Å²) < 4.78 is 17.1. The average Bonchev–Trinajstić information content (AvgIpc) is 3.13. The molecule has 0 aromatic heterocycles. The van der Waals surface area contributed by atoms with Gasteiger partial charge in [-0.15, -0.1) is 0 Å². The van der Waals surface area contributed by atoms with Gasteiger partial charge in [0.2, 0.25) is 5.91 Å². The van der Waals surface area contributed by atoms with Crippen LogP contribution in [0.4, 0.5) is 5.69 Å². The van der Waals surface area contributed by atoms with Crippen LogP contribution in [0.25, 0.3) is 0 Å². The van der Waals surface area contributed by atoms with Crippen LogP contribution in [0, 0.1) is 0 Å². The molecule has 0 spiro atoms. The van der Waals surface area contributed by atoms with Crippen LogP contribution >= 0.6 is 0 Å². The second-order valence-corrected chi connectivity index (χ2v) is 5.65. The van der Waals surface area contributed by atoms with E-state index in [1.165, 1.54) is 7.11 Å². The fraction of sp³-hybridized carbons (Fsp3) is 0.417. The minimum atomic E-state index is -1.44. The Morgan fingerprint density at radius 2 is 2.28 bits per heavy atom. The summed E-state index contributed by atoms with van der Waals surface area (Å²) in [5.74, 6) is 0.321. The van der Waals surface area contributed by atoms with Gasteiger partial charge in [-0.25, -0.2) is 0 Å². The first-order valence-corrected chi connectivity index (χ1v) is 7.03. The number of carbonyl (C=O) groups excluding carboxylic acids is 1. The fourth-order valence-corrected chi connectivity index (χ4v) is 2.59. The third-order valence-electron chi connectivity index (χ3n) is 2.67. The zero-order valence-electron chi connectivity index (χ0n) is 10.1. The number of amides is 1. The van der Waals surface area contributed by atoms with Gasteiger partial charge >= 0.3 is 0 Å². The van der Waals surface area contributed by atoms with Gasteiger partial charge in [0.1, 0.15) is 11.5 Å². The van der Waals surface area contributed by atoms with Crippen molar-refractivity contribution < 1.29 is 13.7 Å². The second-order valence-electron chi connectivity index (χ2n) is 4.24. The number of benzene rings is 1. The predicted molar refractivity (Wildman–Crippen MR) is 69.8 cm³/mol. The van der Waals surface area contributed by atoms with Crippen LogP contribution in [-0.4, -0.2) is 29.0 Å². The van der Waals surface area contributed by atoms with Gasteiger partial charge in [-0.1, -0.05) is 0 Å². The highest BCUT2D eigenvalue weighted by molar-refractivity contribution is 7.86. The third-order valence-corrected chi connectivity index (χ3v) is 4.04. The van der Waals surface area contributed by atoms with Crippen LogP contribution in [0.1, 0.15) is 12.8 Å². The molecule has 3 N–H and O–H groups in total. The van der Waals surface area contributed by atoms with E-state index in [9.17, 15) is 9.00 Å². The Labute approximate surface area is 108 Å². The number of nitrogen functional groups attached to an aromatic ring is 1. The Kier molecular flexibility index (Phi) is 3.86. The highest BCUT2D eigenvalue weighted by Crippen LogP contribution is 2.23. The first kappa shape index (κ1) is 12.9. The van der Waals surface area contributed by atoms with E-state index in [1.54, 1.807) is 18.2 Å². The zero-order chi connectivity index (χ0) is 13.1. The van der Waals surface area contributed by atoms with Crippen LogP contribution in [0.2, 0.25) is 0 Å².